The number of nitrogens with one attached hydrogen (secondary N) is 1. The molecule has 1 aromatic heterocycles. The quantitative estimate of drug-likeness (QED) is 0.539. The molecule has 0 aliphatic carbocycles. The fourth-order valence-corrected chi connectivity index (χ4v) is 3.94. The molecule has 1 heterocycles. The van der Waals surface area contributed by atoms with Crippen LogP contribution < -0.4 is 21.9 Å². The van der Waals surface area contributed by atoms with Crippen molar-refractivity contribution in [2.45, 2.75) is 32.1 Å². The van der Waals surface area contributed by atoms with Crippen molar-refractivity contribution in [2.75, 3.05) is 36.6 Å². The molecule has 3 N–H and O–H groups in total. The number of aromatic nitrogens is 2. The van der Waals surface area contributed by atoms with Crippen molar-refractivity contribution >= 4 is 40.8 Å². The van der Waals surface area contributed by atoms with Gasteiger partial charge in [-0.1, -0.05) is 37.1 Å². The summed E-state index contributed by atoms with van der Waals surface area (Å²) in [5.41, 5.74) is 5.87. The molecule has 8 nitrogen and oxygen atoms in total. The molecule has 0 atom stereocenters. The first-order valence-electron chi connectivity index (χ1n) is 9.63. The molecule has 2 aromatic rings. The summed E-state index contributed by atoms with van der Waals surface area (Å²) in [4.78, 5) is 41.2. The molecule has 164 valence electrons. The summed E-state index contributed by atoms with van der Waals surface area (Å²) in [5.74, 6) is 0.411. The topological polar surface area (TPSA) is 110 Å². The number of carbonyl (C=O) groups is 1. The molecule has 0 aliphatic rings. The third kappa shape index (κ3) is 6.38. The highest BCUT2D eigenvalue weighted by atomic mass is 35.5. The molecule has 0 fully saturated rings. The van der Waals surface area contributed by atoms with Crippen molar-refractivity contribution in [3.63, 3.8) is 0 Å². The van der Waals surface area contributed by atoms with Gasteiger partial charge in [-0.05, 0) is 24.1 Å². The summed E-state index contributed by atoms with van der Waals surface area (Å²) >= 11 is 7.39. The van der Waals surface area contributed by atoms with Crippen LogP contribution in [-0.4, -0.2) is 41.5 Å². The number of carbonyl (C=O) groups excluding carboxylic acids is 1. The van der Waals surface area contributed by atoms with Crippen LogP contribution in [0, 0.1) is 0 Å². The Balaban J connectivity index is 2.24. The van der Waals surface area contributed by atoms with E-state index in [1.54, 1.807) is 6.07 Å². The second kappa shape index (κ2) is 11.8. The first-order chi connectivity index (χ1) is 14.4. The van der Waals surface area contributed by atoms with Gasteiger partial charge in [-0.25, -0.2) is 4.79 Å². The van der Waals surface area contributed by atoms with Gasteiger partial charge in [0.15, 0.2) is 5.69 Å². The number of anilines is 2. The van der Waals surface area contributed by atoms with E-state index in [9.17, 15) is 14.4 Å². The maximum absolute atomic E-state index is 12.9. The van der Waals surface area contributed by atoms with Crippen molar-refractivity contribution in [3.05, 3.63) is 55.7 Å². The highest BCUT2D eigenvalue weighted by molar-refractivity contribution is 7.99. The standard InChI is InChI=1S/C20H27ClN4O4S/c1-3-4-8-25-18(22)17(19(27)23-20(25)28)24(9-10-29-2)16(26)13-30-12-14-6-5-7-15(21)11-14/h5-7,11H,3-4,8-10,12-13,22H2,1-2H3,(H,23,27,28). The molecule has 1 amide bonds. The number of halogens is 1. The van der Waals surface area contributed by atoms with Gasteiger partial charge < -0.3 is 15.4 Å². The molecular weight excluding hydrogens is 428 g/mol. The van der Waals surface area contributed by atoms with Crippen LogP contribution in [0.3, 0.4) is 0 Å². The van der Waals surface area contributed by atoms with E-state index < -0.39 is 11.2 Å². The van der Waals surface area contributed by atoms with E-state index in [4.69, 9.17) is 22.1 Å². The highest BCUT2D eigenvalue weighted by Gasteiger charge is 2.24. The number of methoxy groups -OCH3 is 1. The van der Waals surface area contributed by atoms with Crippen LogP contribution >= 0.6 is 23.4 Å². The molecule has 0 spiro atoms. The number of rotatable bonds is 11. The fourth-order valence-electron chi connectivity index (χ4n) is 2.88. The van der Waals surface area contributed by atoms with Crippen molar-refractivity contribution < 1.29 is 9.53 Å². The van der Waals surface area contributed by atoms with E-state index in [1.807, 2.05) is 25.1 Å². The Morgan fingerprint density at radius 2 is 2.13 bits per heavy atom. The van der Waals surface area contributed by atoms with Crippen LogP contribution in [0.1, 0.15) is 25.3 Å². The lowest BCUT2D eigenvalue weighted by molar-refractivity contribution is -0.116. The number of nitrogen functional groups attached to an aromatic ring is 1. The van der Waals surface area contributed by atoms with E-state index in [2.05, 4.69) is 4.98 Å². The molecule has 10 heteroatoms. The molecule has 1 aromatic carbocycles. The van der Waals surface area contributed by atoms with Crippen molar-refractivity contribution in [1.29, 1.82) is 0 Å². The Hall–Kier alpha value is -2.23. The maximum Gasteiger partial charge on any atom is 0.330 e. The Morgan fingerprint density at radius 1 is 1.37 bits per heavy atom. The number of hydrogen-bond acceptors (Lipinski definition) is 6. The molecular formula is C20H27ClN4O4S. The summed E-state index contributed by atoms with van der Waals surface area (Å²) in [6.45, 7) is 2.71. The van der Waals surface area contributed by atoms with E-state index in [0.29, 0.717) is 17.3 Å². The first kappa shape index (κ1) is 24.0. The lowest BCUT2D eigenvalue weighted by Crippen LogP contribution is -2.43. The first-order valence-corrected chi connectivity index (χ1v) is 11.2. The van der Waals surface area contributed by atoms with E-state index in [1.165, 1.54) is 28.3 Å². The van der Waals surface area contributed by atoms with Crippen LogP contribution in [0.15, 0.2) is 33.9 Å². The van der Waals surface area contributed by atoms with Crippen LogP contribution in [0.2, 0.25) is 5.02 Å². The molecule has 30 heavy (non-hydrogen) atoms. The zero-order valence-electron chi connectivity index (χ0n) is 17.2. The SMILES string of the molecule is CCCCn1c(N)c(N(CCOC)C(=O)CSCc2cccc(Cl)c2)c(=O)[nH]c1=O. The second-order valence-electron chi connectivity index (χ2n) is 6.66. The predicted molar refractivity (Wildman–Crippen MR) is 122 cm³/mol. The Morgan fingerprint density at radius 3 is 2.80 bits per heavy atom. The van der Waals surface area contributed by atoms with Crippen LogP contribution in [0.25, 0.3) is 0 Å². The smallest absolute Gasteiger partial charge is 0.330 e. The third-order valence-corrected chi connectivity index (χ3v) is 5.65. The predicted octanol–water partition coefficient (Wildman–Crippen LogP) is 2.49. The molecule has 0 bridgehead atoms. The molecule has 0 unspecified atom stereocenters. The number of hydrogen-bond donors (Lipinski definition) is 2. The van der Waals surface area contributed by atoms with Crippen LogP contribution in [0.5, 0.6) is 0 Å². The van der Waals surface area contributed by atoms with Crippen LogP contribution in [-0.2, 0) is 21.8 Å². The minimum absolute atomic E-state index is 0.0125. The van der Waals surface area contributed by atoms with Crippen molar-refractivity contribution in [3.8, 4) is 0 Å². The summed E-state index contributed by atoms with van der Waals surface area (Å²) in [6, 6.07) is 7.41. The molecule has 0 radical (unpaired) electrons. The average Bonchev–Trinajstić information content (AvgIpc) is 2.70. The van der Waals surface area contributed by atoms with Crippen molar-refractivity contribution in [1.82, 2.24) is 9.55 Å². The number of nitrogens with zero attached hydrogens (tertiary/aromatic N) is 2. The number of benzene rings is 1. The molecule has 0 saturated carbocycles. The normalized spacial score (nSPS) is 10.9. The number of amides is 1. The van der Waals surface area contributed by atoms with Gasteiger partial charge in [0, 0.05) is 31.0 Å². The highest BCUT2D eigenvalue weighted by Crippen LogP contribution is 2.21. The monoisotopic (exact) mass is 454 g/mol. The van der Waals surface area contributed by atoms with Gasteiger partial charge in [0.25, 0.3) is 5.56 Å². The maximum atomic E-state index is 12.9. The molecule has 0 saturated heterocycles. The Bertz CT molecular complexity index is 976. The fraction of sp³-hybridized carbons (Fsp3) is 0.450. The number of unbranched alkanes of at least 4 members (excludes halogenated alkanes) is 1. The van der Waals surface area contributed by atoms with Gasteiger partial charge in [-0.3, -0.25) is 19.1 Å². The number of aromatic amines is 1. The summed E-state index contributed by atoms with van der Waals surface area (Å²) in [7, 11) is 1.51. The zero-order valence-corrected chi connectivity index (χ0v) is 18.7. The van der Waals surface area contributed by atoms with Gasteiger partial charge in [-0.2, -0.15) is 0 Å². The average molecular weight is 455 g/mol. The Labute approximate surface area is 184 Å². The third-order valence-electron chi connectivity index (χ3n) is 4.42. The van der Waals surface area contributed by atoms with Gasteiger partial charge >= 0.3 is 5.69 Å². The lowest BCUT2D eigenvalue weighted by atomic mass is 10.2. The molecule has 0 aliphatic heterocycles. The van der Waals surface area contributed by atoms with Gasteiger partial charge in [0.05, 0.1) is 12.4 Å². The lowest BCUT2D eigenvalue weighted by Gasteiger charge is -2.24. The van der Waals surface area contributed by atoms with Gasteiger partial charge in [0.1, 0.15) is 5.82 Å². The minimum atomic E-state index is -0.686. The van der Waals surface area contributed by atoms with Crippen LogP contribution in [0.4, 0.5) is 11.5 Å². The zero-order chi connectivity index (χ0) is 22.1. The van der Waals surface area contributed by atoms with Gasteiger partial charge in [-0.15, -0.1) is 11.8 Å². The second-order valence-corrected chi connectivity index (χ2v) is 8.08. The number of thioether (sulfide) groups is 1. The number of nitrogens with two attached hydrogens (primary N) is 1. The summed E-state index contributed by atoms with van der Waals surface area (Å²) in [6.07, 6.45) is 1.57. The van der Waals surface area contributed by atoms with E-state index >= 15 is 0 Å². The largest absolute Gasteiger partial charge is 0.383 e. The van der Waals surface area contributed by atoms with Gasteiger partial charge in [0.2, 0.25) is 5.91 Å². The van der Waals surface area contributed by atoms with Crippen molar-refractivity contribution in [2.24, 2.45) is 0 Å². The van der Waals surface area contributed by atoms with E-state index in [0.717, 1.165) is 18.4 Å². The molecule has 2 rings (SSSR count). The summed E-state index contributed by atoms with van der Waals surface area (Å²) in [5, 5.41) is 0.634. The minimum Gasteiger partial charge on any atom is -0.383 e. The Kier molecular flexibility index (Phi) is 9.48. The number of H-pyrrole nitrogens is 1. The summed E-state index contributed by atoms with van der Waals surface area (Å²) < 4.78 is 6.39. The number of ether oxygens (including phenoxy) is 1. The van der Waals surface area contributed by atoms with E-state index in [-0.39, 0.29) is 36.3 Å².